The highest BCUT2D eigenvalue weighted by Crippen LogP contribution is 2.32. The van der Waals surface area contributed by atoms with Crippen LogP contribution in [0.3, 0.4) is 0 Å². The van der Waals surface area contributed by atoms with Crippen molar-refractivity contribution in [3.63, 3.8) is 0 Å². The van der Waals surface area contributed by atoms with Gasteiger partial charge in [0.05, 0.1) is 38.7 Å². The third-order valence-electron chi connectivity index (χ3n) is 6.52. The van der Waals surface area contributed by atoms with E-state index in [2.05, 4.69) is 5.32 Å². The summed E-state index contributed by atoms with van der Waals surface area (Å²) in [7, 11) is 3.15. The van der Waals surface area contributed by atoms with Gasteiger partial charge in [-0.3, -0.25) is 14.5 Å². The van der Waals surface area contributed by atoms with Crippen molar-refractivity contribution in [2.75, 3.05) is 39.3 Å². The maximum Gasteiger partial charge on any atom is 0.338 e. The van der Waals surface area contributed by atoms with Gasteiger partial charge >= 0.3 is 5.97 Å². The highest BCUT2D eigenvalue weighted by Gasteiger charge is 2.36. The molecule has 1 atom stereocenters. The van der Waals surface area contributed by atoms with Crippen molar-refractivity contribution in [3.8, 4) is 17.2 Å². The Balaban J connectivity index is 1.57. The van der Waals surface area contributed by atoms with Gasteiger partial charge in [-0.2, -0.15) is 0 Å². The first-order valence-corrected chi connectivity index (χ1v) is 14.8. The molecule has 4 rings (SSSR count). The van der Waals surface area contributed by atoms with Crippen molar-refractivity contribution in [2.45, 2.75) is 31.9 Å². The van der Waals surface area contributed by atoms with Crippen LogP contribution < -0.4 is 19.5 Å². The number of carbonyl (C=O) groups excluding carboxylic acids is 3. The Bertz CT molecular complexity index is 1480. The van der Waals surface area contributed by atoms with Crippen LogP contribution in [0.25, 0.3) is 0 Å². The van der Waals surface area contributed by atoms with E-state index in [0.717, 1.165) is 5.56 Å². The van der Waals surface area contributed by atoms with Gasteiger partial charge in [-0.15, -0.1) is 0 Å². The van der Waals surface area contributed by atoms with Crippen LogP contribution in [0.4, 0.5) is 11.4 Å². The molecule has 3 aromatic rings. The molecule has 2 amide bonds. The number of carbonyl (C=O) groups is 3. The lowest BCUT2D eigenvalue weighted by Crippen LogP contribution is -2.46. The molecule has 1 aliphatic rings. The number of esters is 1. The van der Waals surface area contributed by atoms with Gasteiger partial charge in [-0.1, -0.05) is 23.9 Å². The summed E-state index contributed by atoms with van der Waals surface area (Å²) in [5.41, 5.74) is 2.45. The van der Waals surface area contributed by atoms with Crippen molar-refractivity contribution >= 4 is 46.1 Å². The van der Waals surface area contributed by atoms with Crippen molar-refractivity contribution in [1.29, 1.82) is 0 Å². The molecule has 0 spiro atoms. The Morgan fingerprint density at radius 2 is 1.74 bits per heavy atom. The maximum absolute atomic E-state index is 13.5. The summed E-state index contributed by atoms with van der Waals surface area (Å²) in [6.07, 6.45) is 0.531. The van der Waals surface area contributed by atoms with Gasteiger partial charge in [0.2, 0.25) is 11.8 Å². The summed E-state index contributed by atoms with van der Waals surface area (Å²) in [4.78, 5) is 45.2. The molecule has 1 N–H and O–H groups in total. The first-order chi connectivity index (χ1) is 20.8. The predicted molar refractivity (Wildman–Crippen MR) is 167 cm³/mol. The fourth-order valence-corrected chi connectivity index (χ4v) is 5.51. The monoisotopic (exact) mass is 605 g/mol. The zero-order valence-corrected chi connectivity index (χ0v) is 25.4. The number of hydrogen-bond acceptors (Lipinski definition) is 9. The van der Waals surface area contributed by atoms with Crippen LogP contribution in [-0.2, 0) is 20.7 Å². The van der Waals surface area contributed by atoms with E-state index in [4.69, 9.17) is 23.9 Å². The molecule has 0 saturated carbocycles. The number of benzene rings is 3. The van der Waals surface area contributed by atoms with Crippen LogP contribution in [0, 0.1) is 0 Å². The zero-order valence-electron chi connectivity index (χ0n) is 24.6. The second kappa shape index (κ2) is 15.1. The van der Waals surface area contributed by atoms with Crippen LogP contribution in [0.1, 0.15) is 36.2 Å². The van der Waals surface area contributed by atoms with Crippen LogP contribution in [0.5, 0.6) is 17.2 Å². The van der Waals surface area contributed by atoms with Crippen molar-refractivity contribution in [3.05, 3.63) is 77.9 Å². The molecular formula is C32H35N3O7S. The summed E-state index contributed by atoms with van der Waals surface area (Å²) >= 11 is 1.22. The molecule has 0 radical (unpaired) electrons. The highest BCUT2D eigenvalue weighted by atomic mass is 32.2. The van der Waals surface area contributed by atoms with Crippen LogP contribution in [-0.4, -0.2) is 67.1 Å². The molecule has 10 nitrogen and oxygen atoms in total. The van der Waals surface area contributed by atoms with Gasteiger partial charge in [0.1, 0.15) is 11.0 Å². The normalized spacial score (nSPS) is 15.6. The maximum atomic E-state index is 13.5. The lowest BCUT2D eigenvalue weighted by Gasteiger charge is -2.32. The number of anilines is 1. The number of nitrogens with one attached hydrogen (secondary N) is 1. The molecule has 0 bridgehead atoms. The van der Waals surface area contributed by atoms with Gasteiger partial charge in [0.15, 0.2) is 16.7 Å². The predicted octanol–water partition coefficient (Wildman–Crippen LogP) is 5.48. The summed E-state index contributed by atoms with van der Waals surface area (Å²) < 4.78 is 21.4. The van der Waals surface area contributed by atoms with Crippen molar-refractivity contribution < 1.29 is 33.3 Å². The fraction of sp³-hybridized carbons (Fsp3) is 0.312. The average molecular weight is 606 g/mol. The topological polar surface area (TPSA) is 116 Å². The Morgan fingerprint density at radius 1 is 0.977 bits per heavy atom. The number of nitrogens with zero attached hydrogens (tertiary/aromatic N) is 2. The van der Waals surface area contributed by atoms with Crippen LogP contribution in [0.15, 0.2) is 71.7 Å². The summed E-state index contributed by atoms with van der Waals surface area (Å²) in [5.74, 6) is 0.902. The van der Waals surface area contributed by atoms with E-state index in [-0.39, 0.29) is 24.8 Å². The number of amides is 2. The van der Waals surface area contributed by atoms with E-state index < -0.39 is 11.2 Å². The summed E-state index contributed by atoms with van der Waals surface area (Å²) in [5, 5.41) is 2.60. The largest absolute Gasteiger partial charge is 0.494 e. The Hall–Kier alpha value is -4.51. The minimum atomic E-state index is -0.696. The van der Waals surface area contributed by atoms with E-state index in [1.807, 2.05) is 31.2 Å². The van der Waals surface area contributed by atoms with Crippen LogP contribution >= 0.6 is 11.8 Å². The van der Waals surface area contributed by atoms with Gasteiger partial charge < -0.3 is 24.3 Å². The summed E-state index contributed by atoms with van der Waals surface area (Å²) in [6.45, 7) is 4.75. The number of ether oxygens (including phenoxy) is 4. The van der Waals surface area contributed by atoms with Crippen LogP contribution in [0.2, 0.25) is 0 Å². The molecule has 1 aliphatic heterocycles. The number of rotatable bonds is 12. The molecular weight excluding hydrogens is 570 g/mol. The van der Waals surface area contributed by atoms with E-state index in [1.165, 1.54) is 11.8 Å². The molecule has 1 fully saturated rings. The lowest BCUT2D eigenvalue weighted by atomic mass is 10.1. The standard InChI is InChI=1S/C32H35N3O7S/c1-5-41-25-9-7-8-24(19-25)33-30(37)28-20-29(36)35(17-16-21-10-15-26(39-3)27(18-21)40-4)32(43-28)34-23-13-11-22(12-14-23)31(38)42-6-2/h7-15,18-19,28H,5-6,16-17,20H2,1-4H3,(H,33,37). The van der Waals surface area contributed by atoms with Gasteiger partial charge in [0.25, 0.3) is 0 Å². The fourth-order valence-electron chi connectivity index (χ4n) is 4.39. The first-order valence-electron chi connectivity index (χ1n) is 13.9. The van der Waals surface area contributed by atoms with Gasteiger partial charge in [-0.05, 0) is 74.4 Å². The molecule has 43 heavy (non-hydrogen) atoms. The van der Waals surface area contributed by atoms with Crippen molar-refractivity contribution in [1.82, 2.24) is 4.90 Å². The average Bonchev–Trinajstić information content (AvgIpc) is 3.01. The highest BCUT2D eigenvalue weighted by molar-refractivity contribution is 8.15. The molecule has 1 unspecified atom stereocenters. The third kappa shape index (κ3) is 8.29. The third-order valence-corrected chi connectivity index (χ3v) is 7.71. The lowest BCUT2D eigenvalue weighted by molar-refractivity contribution is -0.129. The zero-order chi connectivity index (χ0) is 30.8. The van der Waals surface area contributed by atoms with E-state index in [1.54, 1.807) is 68.5 Å². The number of thioether (sulfide) groups is 1. The molecule has 0 aliphatic carbocycles. The van der Waals surface area contributed by atoms with Crippen molar-refractivity contribution in [2.24, 2.45) is 4.99 Å². The van der Waals surface area contributed by atoms with Gasteiger partial charge in [-0.25, -0.2) is 9.79 Å². The van der Waals surface area contributed by atoms with E-state index in [0.29, 0.717) is 58.9 Å². The van der Waals surface area contributed by atoms with Gasteiger partial charge in [0, 0.05) is 24.7 Å². The minimum Gasteiger partial charge on any atom is -0.494 e. The molecule has 1 heterocycles. The van der Waals surface area contributed by atoms with E-state index in [9.17, 15) is 14.4 Å². The Kier molecular flexibility index (Phi) is 11.0. The molecule has 3 aromatic carbocycles. The number of hydrogen-bond donors (Lipinski definition) is 1. The second-order valence-corrected chi connectivity index (χ2v) is 10.6. The number of amidine groups is 1. The SMILES string of the molecule is CCOC(=O)c1ccc(N=C2SC(C(=O)Nc3cccc(OCC)c3)CC(=O)N2CCc2ccc(OC)c(OC)c2)cc1. The quantitative estimate of drug-likeness (QED) is 0.270. The summed E-state index contributed by atoms with van der Waals surface area (Å²) in [6, 6.07) is 19.3. The first kappa shape index (κ1) is 31.4. The molecule has 0 aromatic heterocycles. The molecule has 226 valence electrons. The van der Waals surface area contributed by atoms with E-state index >= 15 is 0 Å². The minimum absolute atomic E-state index is 0.00833. The number of aliphatic imine (C=N–C) groups is 1. The Labute approximate surface area is 255 Å². The second-order valence-electron chi connectivity index (χ2n) is 9.41. The molecule has 1 saturated heterocycles. The number of methoxy groups -OCH3 is 2. The smallest absolute Gasteiger partial charge is 0.338 e. The Morgan fingerprint density at radius 3 is 2.44 bits per heavy atom. The molecule has 11 heteroatoms.